The monoisotopic (exact) mass is 659 g/mol. The van der Waals surface area contributed by atoms with Crippen molar-refractivity contribution in [3.8, 4) is 16.9 Å². The average Bonchev–Trinajstić information content (AvgIpc) is 3.57. The van der Waals surface area contributed by atoms with Crippen molar-refractivity contribution < 1.29 is 23.9 Å². The number of methoxy groups -OCH3 is 2. The SMILES string of the molecule is COC(=O)Nc1ccc2c(c1)N[C@@H](C(=O)OC)CCCC[C@H](NC(=O)/C=C/c1cc(Cl)ccc1-n1cnnn1)c1nc-2c(C2CC2)[nH]1. The fourth-order valence-corrected chi connectivity index (χ4v) is 5.82. The Kier molecular flexibility index (Phi) is 9.47. The van der Waals surface area contributed by atoms with E-state index in [0.29, 0.717) is 59.2 Å². The minimum atomic E-state index is -0.641. The summed E-state index contributed by atoms with van der Waals surface area (Å²) in [6, 6.07) is 9.52. The van der Waals surface area contributed by atoms with Crippen molar-refractivity contribution in [2.75, 3.05) is 24.9 Å². The molecule has 1 fully saturated rings. The number of halogens is 1. The van der Waals surface area contributed by atoms with Crippen LogP contribution in [0.25, 0.3) is 23.0 Å². The number of anilines is 2. The largest absolute Gasteiger partial charge is 0.467 e. The second-order valence-corrected chi connectivity index (χ2v) is 11.8. The number of carbonyl (C=O) groups is 3. The molecule has 2 aromatic heterocycles. The lowest BCUT2D eigenvalue weighted by Gasteiger charge is -2.22. The highest BCUT2D eigenvalue weighted by atomic mass is 35.5. The van der Waals surface area contributed by atoms with Crippen molar-refractivity contribution in [3.63, 3.8) is 0 Å². The maximum atomic E-state index is 13.4. The number of aromatic nitrogens is 6. The molecule has 2 atom stereocenters. The van der Waals surface area contributed by atoms with E-state index in [1.165, 1.54) is 31.3 Å². The van der Waals surface area contributed by atoms with E-state index in [2.05, 4.69) is 36.5 Å². The molecule has 1 saturated carbocycles. The number of benzene rings is 2. The van der Waals surface area contributed by atoms with Gasteiger partial charge in [-0.1, -0.05) is 24.4 Å². The van der Waals surface area contributed by atoms with Gasteiger partial charge in [0.2, 0.25) is 5.91 Å². The summed E-state index contributed by atoms with van der Waals surface area (Å²) in [4.78, 5) is 46.8. The van der Waals surface area contributed by atoms with Gasteiger partial charge in [-0.05, 0) is 78.6 Å². The first-order valence-corrected chi connectivity index (χ1v) is 15.7. The van der Waals surface area contributed by atoms with E-state index in [0.717, 1.165) is 29.8 Å². The van der Waals surface area contributed by atoms with Gasteiger partial charge < -0.3 is 25.1 Å². The van der Waals surface area contributed by atoms with Gasteiger partial charge in [-0.3, -0.25) is 10.1 Å². The molecule has 1 aliphatic heterocycles. The summed E-state index contributed by atoms with van der Waals surface area (Å²) in [5, 5.41) is 21.0. The van der Waals surface area contributed by atoms with E-state index in [-0.39, 0.29) is 11.8 Å². The number of rotatable bonds is 7. The highest BCUT2D eigenvalue weighted by Crippen LogP contribution is 2.46. The molecule has 2 aromatic carbocycles. The van der Waals surface area contributed by atoms with Crippen LogP contribution in [0.4, 0.5) is 16.2 Å². The first-order valence-electron chi connectivity index (χ1n) is 15.3. The van der Waals surface area contributed by atoms with Gasteiger partial charge in [0, 0.05) is 45.2 Å². The Morgan fingerprint density at radius 3 is 2.62 bits per heavy atom. The highest BCUT2D eigenvalue weighted by molar-refractivity contribution is 6.30. The van der Waals surface area contributed by atoms with Gasteiger partial charge >= 0.3 is 12.1 Å². The van der Waals surface area contributed by atoms with Crippen molar-refractivity contribution in [2.45, 2.75) is 56.5 Å². The fraction of sp³-hybridized carbons (Fsp3) is 0.344. The Balaban J connectivity index is 1.33. The zero-order valence-corrected chi connectivity index (χ0v) is 26.6. The standard InChI is InChI=1S/C32H34ClN9O5/c1-46-31(44)24-6-4-3-5-23(37-27(43)14-9-19-15-20(33)10-13-26(19)42-17-34-40-41-42)30-38-28(18-7-8-18)29(39-30)22-12-11-21(16-25(22)36-24)35-32(45)47-2/h9-18,23-24,36H,3-8H2,1-2H3,(H,35,45)(H,37,43)(H,38,39)/b14-9+/t23-,24+/m0/s1. The van der Waals surface area contributed by atoms with Gasteiger partial charge in [-0.2, -0.15) is 4.68 Å². The van der Waals surface area contributed by atoms with Gasteiger partial charge in [-0.15, -0.1) is 5.10 Å². The lowest BCUT2D eigenvalue weighted by molar-refractivity contribution is -0.141. The summed E-state index contributed by atoms with van der Waals surface area (Å²) in [7, 11) is 2.65. The van der Waals surface area contributed by atoms with Crippen molar-refractivity contribution >= 4 is 47.0 Å². The molecule has 4 N–H and O–H groups in total. The topological polar surface area (TPSA) is 178 Å². The predicted molar refractivity (Wildman–Crippen MR) is 174 cm³/mol. The molecule has 15 heteroatoms. The molecular weight excluding hydrogens is 626 g/mol. The number of ether oxygens (including phenoxy) is 2. The molecule has 6 rings (SSSR count). The number of aromatic amines is 1. The molecule has 47 heavy (non-hydrogen) atoms. The number of imidazole rings is 1. The summed E-state index contributed by atoms with van der Waals surface area (Å²) < 4.78 is 11.4. The molecule has 244 valence electrons. The molecule has 2 aliphatic rings. The summed E-state index contributed by atoms with van der Waals surface area (Å²) in [5.74, 6) is 0.219. The number of nitrogens with one attached hydrogen (secondary N) is 4. The maximum absolute atomic E-state index is 13.4. The quantitative estimate of drug-likeness (QED) is 0.153. The molecule has 2 bridgehead atoms. The molecule has 14 nitrogen and oxygen atoms in total. The maximum Gasteiger partial charge on any atom is 0.411 e. The van der Waals surface area contributed by atoms with E-state index in [9.17, 15) is 14.4 Å². The summed E-state index contributed by atoms with van der Waals surface area (Å²) >= 11 is 6.25. The van der Waals surface area contributed by atoms with Gasteiger partial charge in [-0.25, -0.2) is 14.6 Å². The minimum absolute atomic E-state index is 0.289. The molecule has 2 amide bonds. The Morgan fingerprint density at radius 2 is 1.87 bits per heavy atom. The normalized spacial score (nSPS) is 17.9. The van der Waals surface area contributed by atoms with Crippen LogP contribution < -0.4 is 16.0 Å². The lowest BCUT2D eigenvalue weighted by atomic mass is 10.0. The molecular formula is C32H34ClN9O5. The minimum Gasteiger partial charge on any atom is -0.467 e. The van der Waals surface area contributed by atoms with Crippen LogP contribution in [0.2, 0.25) is 5.02 Å². The molecule has 3 heterocycles. The second-order valence-electron chi connectivity index (χ2n) is 11.4. The van der Waals surface area contributed by atoms with E-state index in [1.807, 2.05) is 6.07 Å². The smallest absolute Gasteiger partial charge is 0.411 e. The number of hydrogen-bond donors (Lipinski definition) is 4. The molecule has 0 radical (unpaired) electrons. The number of carbonyl (C=O) groups excluding carboxylic acids is 3. The molecule has 4 aromatic rings. The number of tetrazole rings is 1. The number of nitrogens with zero attached hydrogens (tertiary/aromatic N) is 5. The Hall–Kier alpha value is -5.24. The van der Waals surface area contributed by atoms with E-state index in [1.54, 1.807) is 36.4 Å². The first-order chi connectivity index (χ1) is 22.8. The van der Waals surface area contributed by atoms with Crippen molar-refractivity contribution in [1.82, 2.24) is 35.5 Å². The van der Waals surface area contributed by atoms with Crippen LogP contribution >= 0.6 is 11.6 Å². The molecule has 0 spiro atoms. The van der Waals surface area contributed by atoms with Gasteiger partial charge in [0.15, 0.2) is 0 Å². The zero-order valence-electron chi connectivity index (χ0n) is 25.8. The Morgan fingerprint density at radius 1 is 1.04 bits per heavy atom. The summed E-state index contributed by atoms with van der Waals surface area (Å²) in [6.45, 7) is 0. The van der Waals surface area contributed by atoms with Gasteiger partial charge in [0.05, 0.1) is 31.6 Å². The number of fused-ring (bicyclic) bond motifs is 4. The van der Waals surface area contributed by atoms with Crippen molar-refractivity contribution in [2.24, 2.45) is 0 Å². The predicted octanol–water partition coefficient (Wildman–Crippen LogP) is 5.16. The lowest BCUT2D eigenvalue weighted by Crippen LogP contribution is -2.31. The number of amides is 2. The zero-order chi connectivity index (χ0) is 32.9. The van der Waals surface area contributed by atoms with Crippen LogP contribution in [0, 0.1) is 0 Å². The van der Waals surface area contributed by atoms with Crippen LogP contribution in [-0.2, 0) is 19.1 Å². The third-order valence-corrected chi connectivity index (χ3v) is 8.37. The Bertz CT molecular complexity index is 1800. The van der Waals surface area contributed by atoms with Crippen LogP contribution in [0.3, 0.4) is 0 Å². The van der Waals surface area contributed by atoms with Crippen molar-refractivity contribution in [1.29, 1.82) is 0 Å². The van der Waals surface area contributed by atoms with Gasteiger partial charge in [0.25, 0.3) is 0 Å². The summed E-state index contributed by atoms with van der Waals surface area (Å²) in [6.07, 6.45) is 8.43. The van der Waals surface area contributed by atoms with Crippen LogP contribution in [-0.4, -0.2) is 68.4 Å². The summed E-state index contributed by atoms with van der Waals surface area (Å²) in [5.41, 5.74) is 4.86. The molecule has 1 aliphatic carbocycles. The van der Waals surface area contributed by atoms with Crippen LogP contribution in [0.1, 0.15) is 67.6 Å². The van der Waals surface area contributed by atoms with E-state index < -0.39 is 24.1 Å². The third kappa shape index (κ3) is 7.43. The van der Waals surface area contributed by atoms with Crippen LogP contribution in [0.5, 0.6) is 0 Å². The van der Waals surface area contributed by atoms with Crippen molar-refractivity contribution in [3.05, 3.63) is 70.9 Å². The molecule has 0 saturated heterocycles. The highest BCUT2D eigenvalue weighted by Gasteiger charge is 2.33. The number of H-pyrrole nitrogens is 1. The van der Waals surface area contributed by atoms with E-state index >= 15 is 0 Å². The van der Waals surface area contributed by atoms with Crippen LogP contribution in [0.15, 0.2) is 48.8 Å². The fourth-order valence-electron chi connectivity index (χ4n) is 5.64. The second kappa shape index (κ2) is 14.0. The van der Waals surface area contributed by atoms with E-state index in [4.69, 9.17) is 26.1 Å². The molecule has 0 unspecified atom stereocenters. The average molecular weight is 660 g/mol. The first kappa shape index (κ1) is 31.7. The number of hydrogen-bond acceptors (Lipinski definition) is 10. The Labute approximate surface area is 275 Å². The van der Waals surface area contributed by atoms with Gasteiger partial charge in [0.1, 0.15) is 18.2 Å². The number of esters is 1. The third-order valence-electron chi connectivity index (χ3n) is 8.14.